The number of hydrogen-bond donors (Lipinski definition) is 1. The standard InChI is InChI=1S/C15H22N2O3S/c1-17-8-11(7-16)6-15(17)12-2-4-13(5-3-12)21(18,19)14-9-20-10-14/h2-5,11,14-15H,6-10,16H2,1H3. The highest BCUT2D eigenvalue weighted by atomic mass is 32.2. The van der Waals surface area contributed by atoms with Gasteiger partial charge in [-0.3, -0.25) is 4.90 Å². The van der Waals surface area contributed by atoms with Gasteiger partial charge in [-0.05, 0) is 43.6 Å². The van der Waals surface area contributed by atoms with Gasteiger partial charge in [-0.2, -0.15) is 0 Å². The number of likely N-dealkylation sites (tertiary alicyclic amines) is 1. The van der Waals surface area contributed by atoms with Crippen molar-refractivity contribution in [3.05, 3.63) is 29.8 Å². The van der Waals surface area contributed by atoms with Crippen LogP contribution in [0.2, 0.25) is 0 Å². The van der Waals surface area contributed by atoms with Crippen molar-refractivity contribution in [1.29, 1.82) is 0 Å². The first-order chi connectivity index (χ1) is 10.0. The smallest absolute Gasteiger partial charge is 0.185 e. The SMILES string of the molecule is CN1CC(CN)CC1c1ccc(S(=O)(=O)C2COC2)cc1. The molecule has 0 amide bonds. The Morgan fingerprint density at radius 3 is 2.43 bits per heavy atom. The van der Waals surface area contributed by atoms with Gasteiger partial charge in [0.15, 0.2) is 9.84 Å². The van der Waals surface area contributed by atoms with E-state index in [1.165, 1.54) is 0 Å². The fourth-order valence-electron chi connectivity index (χ4n) is 3.13. The van der Waals surface area contributed by atoms with Crippen molar-refractivity contribution >= 4 is 9.84 Å². The van der Waals surface area contributed by atoms with Crippen LogP contribution in [-0.2, 0) is 14.6 Å². The summed E-state index contributed by atoms with van der Waals surface area (Å²) in [6.45, 7) is 2.33. The molecule has 0 aliphatic carbocycles. The van der Waals surface area contributed by atoms with E-state index in [2.05, 4.69) is 11.9 Å². The summed E-state index contributed by atoms with van der Waals surface area (Å²) in [6.07, 6.45) is 1.04. The second-order valence-corrected chi connectivity index (χ2v) is 8.29. The molecule has 0 radical (unpaired) electrons. The van der Waals surface area contributed by atoms with E-state index in [-0.39, 0.29) is 5.25 Å². The van der Waals surface area contributed by atoms with Gasteiger partial charge in [-0.1, -0.05) is 12.1 Å². The van der Waals surface area contributed by atoms with Gasteiger partial charge in [-0.25, -0.2) is 8.42 Å². The molecule has 0 aromatic heterocycles. The van der Waals surface area contributed by atoms with E-state index >= 15 is 0 Å². The lowest BCUT2D eigenvalue weighted by Gasteiger charge is -2.26. The molecule has 2 N–H and O–H groups in total. The third-order valence-corrected chi connectivity index (χ3v) is 6.69. The predicted molar refractivity (Wildman–Crippen MR) is 80.8 cm³/mol. The Balaban J connectivity index is 1.78. The number of nitrogens with two attached hydrogens (primary N) is 1. The van der Waals surface area contributed by atoms with Gasteiger partial charge in [0.25, 0.3) is 0 Å². The van der Waals surface area contributed by atoms with Gasteiger partial charge < -0.3 is 10.5 Å². The molecule has 0 spiro atoms. The molecule has 2 heterocycles. The second-order valence-electron chi connectivity index (χ2n) is 6.07. The molecule has 1 aromatic carbocycles. The number of hydrogen-bond acceptors (Lipinski definition) is 5. The molecule has 2 aliphatic heterocycles. The van der Waals surface area contributed by atoms with Gasteiger partial charge >= 0.3 is 0 Å². The highest BCUT2D eigenvalue weighted by molar-refractivity contribution is 7.92. The average Bonchev–Trinajstić information content (AvgIpc) is 2.78. The Bertz CT molecular complexity index is 596. The van der Waals surface area contributed by atoms with Crippen LogP contribution in [0.1, 0.15) is 18.0 Å². The first-order valence-corrected chi connectivity index (χ1v) is 8.89. The van der Waals surface area contributed by atoms with Crippen LogP contribution in [0.3, 0.4) is 0 Å². The molecule has 2 unspecified atom stereocenters. The molecular weight excluding hydrogens is 288 g/mol. The summed E-state index contributed by atoms with van der Waals surface area (Å²) in [6, 6.07) is 7.67. The minimum atomic E-state index is -3.23. The zero-order valence-electron chi connectivity index (χ0n) is 12.2. The Kier molecular flexibility index (Phi) is 4.05. The Hall–Kier alpha value is -0.950. The highest BCUT2D eigenvalue weighted by Crippen LogP contribution is 2.34. The van der Waals surface area contributed by atoms with E-state index in [0.717, 1.165) is 18.5 Å². The Morgan fingerprint density at radius 1 is 1.29 bits per heavy atom. The number of rotatable bonds is 4. The third kappa shape index (κ3) is 2.73. The Labute approximate surface area is 126 Å². The van der Waals surface area contributed by atoms with Gasteiger partial charge in [0.05, 0.1) is 18.1 Å². The predicted octanol–water partition coefficient (Wildman–Crippen LogP) is 0.811. The summed E-state index contributed by atoms with van der Waals surface area (Å²) < 4.78 is 29.6. The van der Waals surface area contributed by atoms with Gasteiger partial charge in [-0.15, -0.1) is 0 Å². The molecule has 116 valence electrons. The normalized spacial score (nSPS) is 27.7. The fourth-order valence-corrected chi connectivity index (χ4v) is 4.58. The van der Waals surface area contributed by atoms with Crippen molar-refractivity contribution in [1.82, 2.24) is 4.90 Å². The maximum absolute atomic E-state index is 12.3. The van der Waals surface area contributed by atoms with Crippen molar-refractivity contribution in [3.63, 3.8) is 0 Å². The van der Waals surface area contributed by atoms with Crippen LogP contribution < -0.4 is 5.73 Å². The van der Waals surface area contributed by atoms with Crippen LogP contribution in [0.4, 0.5) is 0 Å². The van der Waals surface area contributed by atoms with E-state index in [0.29, 0.717) is 36.6 Å². The zero-order chi connectivity index (χ0) is 15.0. The van der Waals surface area contributed by atoms with Crippen LogP contribution in [0.15, 0.2) is 29.2 Å². The van der Waals surface area contributed by atoms with E-state index in [1.807, 2.05) is 12.1 Å². The van der Waals surface area contributed by atoms with Crippen LogP contribution >= 0.6 is 0 Å². The van der Waals surface area contributed by atoms with Crippen LogP contribution in [0, 0.1) is 5.92 Å². The van der Waals surface area contributed by atoms with Gasteiger partial charge in [0.2, 0.25) is 0 Å². The summed E-state index contributed by atoms with van der Waals surface area (Å²) in [7, 11) is -1.14. The first-order valence-electron chi connectivity index (χ1n) is 7.34. The van der Waals surface area contributed by atoms with Crippen molar-refractivity contribution in [2.75, 3.05) is 33.4 Å². The topological polar surface area (TPSA) is 72.6 Å². The van der Waals surface area contributed by atoms with E-state index < -0.39 is 9.84 Å². The minimum Gasteiger partial charge on any atom is -0.379 e. The number of ether oxygens (including phenoxy) is 1. The second kappa shape index (κ2) is 5.68. The highest BCUT2D eigenvalue weighted by Gasteiger charge is 2.34. The van der Waals surface area contributed by atoms with E-state index in [9.17, 15) is 8.42 Å². The van der Waals surface area contributed by atoms with Crippen LogP contribution in [-0.4, -0.2) is 51.9 Å². The van der Waals surface area contributed by atoms with Crippen molar-refractivity contribution in [2.24, 2.45) is 11.7 Å². The summed E-state index contributed by atoms with van der Waals surface area (Å²) in [5, 5.41) is -0.376. The molecule has 5 nitrogen and oxygen atoms in total. The Morgan fingerprint density at radius 2 is 1.95 bits per heavy atom. The molecular formula is C15H22N2O3S. The number of benzene rings is 1. The van der Waals surface area contributed by atoms with Crippen molar-refractivity contribution < 1.29 is 13.2 Å². The number of nitrogens with zero attached hydrogens (tertiary/aromatic N) is 1. The van der Waals surface area contributed by atoms with E-state index in [1.54, 1.807) is 12.1 Å². The molecule has 21 heavy (non-hydrogen) atoms. The first kappa shape index (κ1) is 15.0. The quantitative estimate of drug-likeness (QED) is 0.891. The molecule has 2 atom stereocenters. The third-order valence-electron chi connectivity index (χ3n) is 4.61. The molecule has 2 fully saturated rings. The zero-order valence-corrected chi connectivity index (χ0v) is 13.1. The monoisotopic (exact) mass is 310 g/mol. The number of sulfone groups is 1. The molecule has 6 heteroatoms. The lowest BCUT2D eigenvalue weighted by Crippen LogP contribution is -2.40. The molecule has 2 aliphatic rings. The lowest BCUT2D eigenvalue weighted by molar-refractivity contribution is 0.0416. The van der Waals surface area contributed by atoms with Crippen LogP contribution in [0.25, 0.3) is 0 Å². The largest absolute Gasteiger partial charge is 0.379 e. The van der Waals surface area contributed by atoms with Crippen molar-refractivity contribution in [2.45, 2.75) is 22.6 Å². The van der Waals surface area contributed by atoms with Crippen LogP contribution in [0.5, 0.6) is 0 Å². The molecule has 0 bridgehead atoms. The van der Waals surface area contributed by atoms with Gasteiger partial charge in [0, 0.05) is 12.6 Å². The summed E-state index contributed by atoms with van der Waals surface area (Å²) in [5.74, 6) is 0.524. The maximum atomic E-state index is 12.3. The molecule has 1 aromatic rings. The molecule has 0 saturated carbocycles. The summed E-state index contributed by atoms with van der Waals surface area (Å²) in [4.78, 5) is 2.69. The molecule has 2 saturated heterocycles. The summed E-state index contributed by atoms with van der Waals surface area (Å²) in [5.41, 5.74) is 6.92. The lowest BCUT2D eigenvalue weighted by atomic mass is 10.00. The average molecular weight is 310 g/mol. The van der Waals surface area contributed by atoms with Crippen molar-refractivity contribution in [3.8, 4) is 0 Å². The fraction of sp³-hybridized carbons (Fsp3) is 0.600. The van der Waals surface area contributed by atoms with Gasteiger partial charge in [0.1, 0.15) is 5.25 Å². The summed E-state index contributed by atoms with van der Waals surface area (Å²) >= 11 is 0. The maximum Gasteiger partial charge on any atom is 0.185 e. The minimum absolute atomic E-state index is 0.313. The van der Waals surface area contributed by atoms with E-state index in [4.69, 9.17) is 10.5 Å². The molecule has 3 rings (SSSR count).